The number of likely N-dealkylation sites (tertiary alicyclic amines) is 1. The highest BCUT2D eigenvalue weighted by atomic mass is 16.5. The first kappa shape index (κ1) is 15.8. The molecule has 0 amide bonds. The largest absolute Gasteiger partial charge is 0.508 e. The molecule has 2 heterocycles. The lowest BCUT2D eigenvalue weighted by atomic mass is 9.89. The molecule has 4 heteroatoms. The minimum Gasteiger partial charge on any atom is -0.508 e. The Kier molecular flexibility index (Phi) is 5.34. The van der Waals surface area contributed by atoms with Gasteiger partial charge in [-0.15, -0.1) is 0 Å². The molecule has 2 aliphatic rings. The fourth-order valence-electron chi connectivity index (χ4n) is 3.67. The Hall–Kier alpha value is -1.10. The number of rotatable bonds is 3. The van der Waals surface area contributed by atoms with Gasteiger partial charge in [-0.1, -0.05) is 12.1 Å². The van der Waals surface area contributed by atoms with Crippen LogP contribution in [0.3, 0.4) is 0 Å². The second-order valence-electron chi connectivity index (χ2n) is 6.78. The van der Waals surface area contributed by atoms with Crippen molar-refractivity contribution < 1.29 is 9.84 Å². The molecule has 3 rings (SSSR count). The molecule has 1 N–H and O–H groups in total. The van der Waals surface area contributed by atoms with Crippen LogP contribution >= 0.6 is 0 Å². The molecule has 0 aromatic heterocycles. The molecule has 2 saturated heterocycles. The van der Waals surface area contributed by atoms with Gasteiger partial charge in [0.1, 0.15) is 5.75 Å². The fourth-order valence-corrected chi connectivity index (χ4v) is 3.67. The van der Waals surface area contributed by atoms with E-state index in [1.807, 2.05) is 0 Å². The molecule has 4 nitrogen and oxygen atoms in total. The number of phenols is 1. The summed E-state index contributed by atoms with van der Waals surface area (Å²) in [7, 11) is 2.19. The zero-order valence-electron chi connectivity index (χ0n) is 13.6. The Morgan fingerprint density at radius 2 is 1.86 bits per heavy atom. The summed E-state index contributed by atoms with van der Waals surface area (Å²) in [6.07, 6.45) is 3.91. The van der Waals surface area contributed by atoms with Crippen molar-refractivity contribution in [1.29, 1.82) is 0 Å². The van der Waals surface area contributed by atoms with Crippen LogP contribution in [0.15, 0.2) is 24.3 Å². The normalized spacial score (nSPS) is 26.0. The quantitative estimate of drug-likeness (QED) is 0.929. The standard InChI is InChI=1S/C18H28N2O2/c1-19-9-2-12-22-18(13-19)14-20-10-7-16(8-11-20)15-3-5-17(21)6-4-15/h3-6,16,18,21H,2,7-14H2,1H3. The van der Waals surface area contributed by atoms with E-state index in [0.717, 1.165) is 45.8 Å². The maximum atomic E-state index is 9.40. The van der Waals surface area contributed by atoms with Gasteiger partial charge in [0.25, 0.3) is 0 Å². The third-order valence-electron chi connectivity index (χ3n) is 4.97. The Morgan fingerprint density at radius 3 is 2.59 bits per heavy atom. The first-order valence-corrected chi connectivity index (χ1v) is 8.52. The van der Waals surface area contributed by atoms with Gasteiger partial charge in [-0.3, -0.25) is 0 Å². The van der Waals surface area contributed by atoms with Crippen LogP contribution in [0.1, 0.15) is 30.7 Å². The molecule has 0 aliphatic carbocycles. The first-order chi connectivity index (χ1) is 10.7. The van der Waals surface area contributed by atoms with E-state index in [2.05, 4.69) is 29.0 Å². The molecule has 0 bridgehead atoms. The lowest BCUT2D eigenvalue weighted by Crippen LogP contribution is -2.42. The van der Waals surface area contributed by atoms with E-state index in [4.69, 9.17) is 4.74 Å². The van der Waals surface area contributed by atoms with Gasteiger partial charge in [-0.25, -0.2) is 0 Å². The number of nitrogens with zero attached hydrogens (tertiary/aromatic N) is 2. The van der Waals surface area contributed by atoms with Crippen LogP contribution in [0.5, 0.6) is 5.75 Å². The van der Waals surface area contributed by atoms with E-state index < -0.39 is 0 Å². The van der Waals surface area contributed by atoms with E-state index in [1.54, 1.807) is 12.1 Å². The van der Waals surface area contributed by atoms with Crippen LogP contribution in [0.2, 0.25) is 0 Å². The predicted molar refractivity (Wildman–Crippen MR) is 88.4 cm³/mol. The molecule has 1 unspecified atom stereocenters. The average Bonchev–Trinajstić information content (AvgIpc) is 2.73. The van der Waals surface area contributed by atoms with Gasteiger partial charge in [0, 0.05) is 26.2 Å². The van der Waals surface area contributed by atoms with E-state index in [0.29, 0.717) is 17.8 Å². The van der Waals surface area contributed by atoms with Crippen molar-refractivity contribution in [2.45, 2.75) is 31.3 Å². The van der Waals surface area contributed by atoms with E-state index >= 15 is 0 Å². The zero-order valence-corrected chi connectivity index (χ0v) is 13.6. The highest BCUT2D eigenvalue weighted by molar-refractivity contribution is 5.28. The number of likely N-dealkylation sites (N-methyl/N-ethyl adjacent to an activating group) is 1. The van der Waals surface area contributed by atoms with Gasteiger partial charge in [-0.05, 0) is 63.0 Å². The molecule has 0 radical (unpaired) electrons. The molecule has 1 atom stereocenters. The van der Waals surface area contributed by atoms with Crippen LogP contribution in [0.4, 0.5) is 0 Å². The van der Waals surface area contributed by atoms with Crippen molar-refractivity contribution >= 4 is 0 Å². The summed E-state index contributed by atoms with van der Waals surface area (Å²) in [5, 5.41) is 9.40. The summed E-state index contributed by atoms with van der Waals surface area (Å²) in [5.41, 5.74) is 1.36. The minimum atomic E-state index is 0.357. The summed E-state index contributed by atoms with van der Waals surface area (Å²) in [4.78, 5) is 4.95. The van der Waals surface area contributed by atoms with Gasteiger partial charge >= 0.3 is 0 Å². The van der Waals surface area contributed by atoms with Crippen LogP contribution in [0, 0.1) is 0 Å². The third kappa shape index (κ3) is 4.22. The molecule has 122 valence electrons. The molecule has 1 aromatic rings. The second-order valence-corrected chi connectivity index (χ2v) is 6.78. The van der Waals surface area contributed by atoms with Gasteiger partial charge in [0.05, 0.1) is 6.10 Å². The highest BCUT2D eigenvalue weighted by Gasteiger charge is 2.24. The van der Waals surface area contributed by atoms with Crippen molar-refractivity contribution in [3.8, 4) is 5.75 Å². The molecule has 2 fully saturated rings. The molecular weight excluding hydrogens is 276 g/mol. The summed E-state index contributed by atoms with van der Waals surface area (Å²) in [5.74, 6) is 0.991. The first-order valence-electron chi connectivity index (χ1n) is 8.52. The number of hydrogen-bond acceptors (Lipinski definition) is 4. The monoisotopic (exact) mass is 304 g/mol. The number of ether oxygens (including phenoxy) is 1. The number of phenolic OH excluding ortho intramolecular Hbond substituents is 1. The molecule has 22 heavy (non-hydrogen) atoms. The number of piperidine rings is 1. The van der Waals surface area contributed by atoms with Gasteiger partial charge in [0.15, 0.2) is 0 Å². The Balaban J connectivity index is 1.48. The SMILES string of the molecule is CN1CCCOC(CN2CCC(c3ccc(O)cc3)CC2)C1. The lowest BCUT2D eigenvalue weighted by molar-refractivity contribution is 0.0234. The maximum Gasteiger partial charge on any atom is 0.115 e. The summed E-state index contributed by atoms with van der Waals surface area (Å²) < 4.78 is 5.99. The minimum absolute atomic E-state index is 0.357. The van der Waals surface area contributed by atoms with Crippen molar-refractivity contribution in [3.63, 3.8) is 0 Å². The van der Waals surface area contributed by atoms with Crippen LogP contribution in [0.25, 0.3) is 0 Å². The summed E-state index contributed by atoms with van der Waals surface area (Å²) in [6.45, 7) is 6.47. The number of benzene rings is 1. The average molecular weight is 304 g/mol. The van der Waals surface area contributed by atoms with Crippen molar-refractivity contribution in [1.82, 2.24) is 9.80 Å². The Morgan fingerprint density at radius 1 is 1.14 bits per heavy atom. The lowest BCUT2D eigenvalue weighted by Gasteiger charge is -2.34. The highest BCUT2D eigenvalue weighted by Crippen LogP contribution is 2.29. The predicted octanol–water partition coefficient (Wildman–Crippen LogP) is 2.29. The zero-order chi connectivity index (χ0) is 15.4. The fraction of sp³-hybridized carbons (Fsp3) is 0.667. The maximum absolute atomic E-state index is 9.40. The third-order valence-corrected chi connectivity index (χ3v) is 4.97. The van der Waals surface area contributed by atoms with E-state index in [1.165, 1.54) is 18.4 Å². The van der Waals surface area contributed by atoms with Gasteiger partial charge in [-0.2, -0.15) is 0 Å². The Bertz CT molecular complexity index is 455. The molecular formula is C18H28N2O2. The van der Waals surface area contributed by atoms with Crippen LogP contribution in [-0.2, 0) is 4.74 Å². The van der Waals surface area contributed by atoms with Gasteiger partial charge < -0.3 is 19.6 Å². The smallest absolute Gasteiger partial charge is 0.115 e. The van der Waals surface area contributed by atoms with E-state index in [9.17, 15) is 5.11 Å². The molecule has 0 spiro atoms. The van der Waals surface area contributed by atoms with Crippen molar-refractivity contribution in [2.24, 2.45) is 0 Å². The molecule has 2 aliphatic heterocycles. The van der Waals surface area contributed by atoms with Crippen molar-refractivity contribution in [3.05, 3.63) is 29.8 Å². The summed E-state index contributed by atoms with van der Waals surface area (Å²) in [6, 6.07) is 7.74. The second kappa shape index (κ2) is 7.44. The molecule has 0 saturated carbocycles. The Labute approximate surface area is 133 Å². The number of hydrogen-bond donors (Lipinski definition) is 1. The van der Waals surface area contributed by atoms with Crippen molar-refractivity contribution in [2.75, 3.05) is 46.4 Å². The van der Waals surface area contributed by atoms with Crippen LogP contribution in [-0.4, -0.2) is 67.4 Å². The van der Waals surface area contributed by atoms with Crippen LogP contribution < -0.4 is 0 Å². The summed E-state index contributed by atoms with van der Waals surface area (Å²) >= 11 is 0. The number of aromatic hydroxyl groups is 1. The topological polar surface area (TPSA) is 35.9 Å². The van der Waals surface area contributed by atoms with Gasteiger partial charge in [0.2, 0.25) is 0 Å². The molecule has 1 aromatic carbocycles. The van der Waals surface area contributed by atoms with E-state index in [-0.39, 0.29) is 0 Å².